The zero-order valence-corrected chi connectivity index (χ0v) is 23.1. The van der Waals surface area contributed by atoms with Gasteiger partial charge in [-0.2, -0.15) is 4.98 Å². The molecule has 0 aliphatic rings. The van der Waals surface area contributed by atoms with Crippen LogP contribution in [0.25, 0.3) is 33.4 Å². The molecule has 0 saturated carbocycles. The van der Waals surface area contributed by atoms with Gasteiger partial charge >= 0.3 is 5.97 Å². The van der Waals surface area contributed by atoms with Crippen LogP contribution in [0.1, 0.15) is 21.5 Å². The average molecular weight is 553 g/mol. The normalized spacial score (nSPS) is 10.8. The van der Waals surface area contributed by atoms with Crippen LogP contribution in [0.5, 0.6) is 11.6 Å². The number of fused-ring (bicyclic) bond motifs is 1. The summed E-state index contributed by atoms with van der Waals surface area (Å²) in [5, 5.41) is 2.08. The lowest BCUT2D eigenvalue weighted by Gasteiger charge is -2.11. The molecule has 0 bridgehead atoms. The first-order valence-corrected chi connectivity index (χ1v) is 13.6. The molecule has 6 nitrogen and oxygen atoms in total. The van der Waals surface area contributed by atoms with Crippen molar-refractivity contribution in [3.05, 3.63) is 144 Å². The molecule has 0 fully saturated rings. The van der Waals surface area contributed by atoms with Gasteiger partial charge < -0.3 is 14.2 Å². The van der Waals surface area contributed by atoms with Crippen molar-refractivity contribution in [2.24, 2.45) is 0 Å². The Labute approximate surface area is 244 Å². The molecule has 1 heterocycles. The molecule has 0 aliphatic heterocycles. The van der Waals surface area contributed by atoms with Crippen molar-refractivity contribution in [2.45, 2.75) is 13.2 Å². The van der Waals surface area contributed by atoms with Crippen LogP contribution in [0.4, 0.5) is 0 Å². The first-order chi connectivity index (χ1) is 20.6. The van der Waals surface area contributed by atoms with Gasteiger partial charge in [0.05, 0.1) is 18.4 Å². The number of hydrogen-bond donors (Lipinski definition) is 0. The van der Waals surface area contributed by atoms with Crippen molar-refractivity contribution in [1.29, 1.82) is 0 Å². The molecule has 206 valence electrons. The van der Waals surface area contributed by atoms with Crippen LogP contribution in [0.2, 0.25) is 0 Å². The van der Waals surface area contributed by atoms with Crippen molar-refractivity contribution < 1.29 is 19.0 Å². The monoisotopic (exact) mass is 552 g/mol. The molecule has 6 heteroatoms. The highest BCUT2D eigenvalue weighted by molar-refractivity contribution is 5.89. The second kappa shape index (κ2) is 12.4. The van der Waals surface area contributed by atoms with E-state index in [9.17, 15) is 4.79 Å². The van der Waals surface area contributed by atoms with Crippen LogP contribution in [0, 0.1) is 0 Å². The number of hydrogen-bond acceptors (Lipinski definition) is 6. The van der Waals surface area contributed by atoms with Gasteiger partial charge in [0.25, 0.3) is 0 Å². The topological polar surface area (TPSA) is 70.5 Å². The van der Waals surface area contributed by atoms with Gasteiger partial charge in [-0.25, -0.2) is 9.78 Å². The number of rotatable bonds is 9. The Balaban J connectivity index is 1.23. The van der Waals surface area contributed by atoms with Gasteiger partial charge in [-0.1, -0.05) is 91.0 Å². The number of methoxy groups -OCH3 is 1. The zero-order valence-electron chi connectivity index (χ0n) is 23.1. The van der Waals surface area contributed by atoms with Crippen LogP contribution in [0.3, 0.4) is 0 Å². The molecular weight excluding hydrogens is 524 g/mol. The lowest BCUT2D eigenvalue weighted by atomic mass is 10.1. The summed E-state index contributed by atoms with van der Waals surface area (Å²) < 4.78 is 16.9. The van der Waals surface area contributed by atoms with E-state index in [0.29, 0.717) is 30.5 Å². The molecule has 0 aliphatic carbocycles. The van der Waals surface area contributed by atoms with Crippen LogP contribution < -0.4 is 9.47 Å². The van der Waals surface area contributed by atoms with Gasteiger partial charge in [0.15, 0.2) is 5.82 Å². The molecule has 0 saturated heterocycles. The van der Waals surface area contributed by atoms with Crippen LogP contribution in [0.15, 0.2) is 127 Å². The smallest absolute Gasteiger partial charge is 0.337 e. The molecule has 6 rings (SSSR count). The highest BCUT2D eigenvalue weighted by Gasteiger charge is 2.12. The van der Waals surface area contributed by atoms with E-state index < -0.39 is 0 Å². The maximum atomic E-state index is 11.7. The number of esters is 1. The largest absolute Gasteiger partial charge is 0.489 e. The highest BCUT2D eigenvalue weighted by Crippen LogP contribution is 2.29. The van der Waals surface area contributed by atoms with Crippen LogP contribution >= 0.6 is 0 Å². The second-order valence-electron chi connectivity index (χ2n) is 9.76. The third-order valence-corrected chi connectivity index (χ3v) is 6.85. The van der Waals surface area contributed by atoms with Crippen LogP contribution in [-0.4, -0.2) is 23.0 Å². The number of ether oxygens (including phenoxy) is 3. The number of carbonyl (C=O) groups is 1. The number of nitrogens with zero attached hydrogens (tertiary/aromatic N) is 2. The summed E-state index contributed by atoms with van der Waals surface area (Å²) >= 11 is 0. The van der Waals surface area contributed by atoms with E-state index in [-0.39, 0.29) is 5.97 Å². The summed E-state index contributed by atoms with van der Waals surface area (Å²) in [6.45, 7) is 0.804. The first kappa shape index (κ1) is 26.7. The van der Waals surface area contributed by atoms with E-state index in [0.717, 1.165) is 44.5 Å². The predicted octanol–water partition coefficient (Wildman–Crippen LogP) is 7.91. The maximum absolute atomic E-state index is 11.7. The summed E-state index contributed by atoms with van der Waals surface area (Å²) in [5.41, 5.74) is 5.22. The van der Waals surface area contributed by atoms with Gasteiger partial charge in [-0.05, 0) is 52.2 Å². The molecule has 1 aromatic heterocycles. The zero-order chi connectivity index (χ0) is 28.7. The minimum absolute atomic E-state index is 0.357. The number of carbonyl (C=O) groups excluding carboxylic acids is 1. The molecule has 6 aromatic rings. The van der Waals surface area contributed by atoms with E-state index in [1.165, 1.54) is 7.11 Å². The lowest BCUT2D eigenvalue weighted by Crippen LogP contribution is -2.02. The van der Waals surface area contributed by atoms with Gasteiger partial charge in [-0.15, -0.1) is 0 Å². The van der Waals surface area contributed by atoms with E-state index in [2.05, 4.69) is 6.07 Å². The Morgan fingerprint density at radius 2 is 1.29 bits per heavy atom. The Morgan fingerprint density at radius 3 is 2.05 bits per heavy atom. The van der Waals surface area contributed by atoms with Gasteiger partial charge in [-0.3, -0.25) is 0 Å². The molecule has 0 atom stereocenters. The molecule has 5 aromatic carbocycles. The van der Waals surface area contributed by atoms with E-state index in [4.69, 9.17) is 24.2 Å². The maximum Gasteiger partial charge on any atom is 0.337 e. The average Bonchev–Trinajstić information content (AvgIpc) is 3.06. The van der Waals surface area contributed by atoms with Crippen LogP contribution in [-0.2, 0) is 18.0 Å². The van der Waals surface area contributed by atoms with E-state index in [1.807, 2.05) is 109 Å². The number of benzene rings is 5. The molecule has 0 N–H and O–H groups in total. The Kier molecular flexibility index (Phi) is 7.86. The summed E-state index contributed by atoms with van der Waals surface area (Å²) in [6.07, 6.45) is 0. The minimum atomic E-state index is -0.357. The van der Waals surface area contributed by atoms with E-state index in [1.54, 1.807) is 12.1 Å². The molecule has 0 radical (unpaired) electrons. The third kappa shape index (κ3) is 6.29. The molecule has 0 amide bonds. The van der Waals surface area contributed by atoms with Crippen molar-refractivity contribution in [2.75, 3.05) is 7.11 Å². The molecule has 0 unspecified atom stereocenters. The van der Waals surface area contributed by atoms with Gasteiger partial charge in [0.1, 0.15) is 19.0 Å². The van der Waals surface area contributed by atoms with Crippen molar-refractivity contribution >= 4 is 16.7 Å². The third-order valence-electron chi connectivity index (χ3n) is 6.85. The Hall–Kier alpha value is -5.49. The number of aromatic nitrogens is 2. The molecular formula is C36H28N2O4. The molecule has 0 spiro atoms. The summed E-state index contributed by atoms with van der Waals surface area (Å²) in [5.74, 6) is 1.51. The lowest BCUT2D eigenvalue weighted by molar-refractivity contribution is 0.0600. The van der Waals surface area contributed by atoms with Crippen molar-refractivity contribution in [1.82, 2.24) is 9.97 Å². The Bertz CT molecular complexity index is 1820. The fourth-order valence-electron chi connectivity index (χ4n) is 4.59. The fraction of sp³-hybridized carbons (Fsp3) is 0.0833. The van der Waals surface area contributed by atoms with Gasteiger partial charge in [0, 0.05) is 17.2 Å². The summed E-state index contributed by atoms with van der Waals surface area (Å²) in [7, 11) is 1.37. The quantitative estimate of drug-likeness (QED) is 0.170. The van der Waals surface area contributed by atoms with Crippen molar-refractivity contribution in [3.63, 3.8) is 0 Å². The SMILES string of the molecule is COC(=O)c1ccc(COc2ccc3cc(-c4nc(OCc5ccccc5)cc(-c5ccccc5)n4)ccc3c2)cc1. The van der Waals surface area contributed by atoms with Gasteiger partial charge in [0.2, 0.25) is 5.88 Å². The minimum Gasteiger partial charge on any atom is -0.489 e. The molecule has 42 heavy (non-hydrogen) atoms. The summed E-state index contributed by atoms with van der Waals surface area (Å²) in [6, 6.07) is 41.3. The predicted molar refractivity (Wildman–Crippen MR) is 163 cm³/mol. The van der Waals surface area contributed by atoms with E-state index >= 15 is 0 Å². The summed E-state index contributed by atoms with van der Waals surface area (Å²) in [4.78, 5) is 21.3. The standard InChI is InChI=1S/C36H28N2O4/c1-40-36(39)28-14-12-26(13-15-28)23-41-32-19-18-29-20-31(17-16-30(29)21-32)35-37-33(27-10-6-3-7-11-27)22-34(38-35)42-24-25-8-4-2-5-9-25/h2-22H,23-24H2,1H3. The second-order valence-corrected chi connectivity index (χ2v) is 9.76. The Morgan fingerprint density at radius 1 is 0.619 bits per heavy atom. The fourth-order valence-corrected chi connectivity index (χ4v) is 4.59. The highest BCUT2D eigenvalue weighted by atomic mass is 16.5. The van der Waals surface area contributed by atoms with Crippen molar-refractivity contribution in [3.8, 4) is 34.3 Å². The first-order valence-electron chi connectivity index (χ1n) is 13.6.